The highest BCUT2D eigenvalue weighted by Crippen LogP contribution is 2.48. The van der Waals surface area contributed by atoms with Gasteiger partial charge < -0.3 is 19.5 Å². The lowest BCUT2D eigenvalue weighted by atomic mass is 9.68. The molecule has 0 radical (unpaired) electrons. The second-order valence-corrected chi connectivity index (χ2v) is 8.30. The highest BCUT2D eigenvalue weighted by Gasteiger charge is 2.43. The van der Waals surface area contributed by atoms with E-state index >= 15 is 0 Å². The number of esters is 1. The van der Waals surface area contributed by atoms with Gasteiger partial charge in [0.05, 0.1) is 25.2 Å². The zero-order valence-electron chi connectivity index (χ0n) is 17.8. The Morgan fingerprint density at radius 1 is 1.17 bits per heavy atom. The monoisotopic (exact) mass is 399 g/mol. The molecule has 1 atom stereocenters. The fourth-order valence-electron chi connectivity index (χ4n) is 4.22. The first-order valence-electron chi connectivity index (χ1n) is 9.82. The van der Waals surface area contributed by atoms with Crippen LogP contribution in [0.5, 0.6) is 5.75 Å². The fourth-order valence-corrected chi connectivity index (χ4v) is 4.22. The topological polar surface area (TPSA) is 73.9 Å². The third kappa shape index (κ3) is 4.22. The van der Waals surface area contributed by atoms with Gasteiger partial charge in [-0.2, -0.15) is 0 Å². The molecule has 156 valence electrons. The zero-order chi connectivity index (χ0) is 21.2. The van der Waals surface area contributed by atoms with Gasteiger partial charge in [-0.1, -0.05) is 32.0 Å². The molecule has 6 heteroatoms. The summed E-state index contributed by atoms with van der Waals surface area (Å²) < 4.78 is 16.0. The summed E-state index contributed by atoms with van der Waals surface area (Å²) in [4.78, 5) is 26.3. The van der Waals surface area contributed by atoms with Gasteiger partial charge in [-0.3, -0.25) is 4.79 Å². The van der Waals surface area contributed by atoms with Crippen molar-refractivity contribution >= 4 is 11.8 Å². The van der Waals surface area contributed by atoms with Crippen molar-refractivity contribution in [2.75, 3.05) is 27.4 Å². The van der Waals surface area contributed by atoms with E-state index in [1.807, 2.05) is 31.2 Å². The number of nitrogens with one attached hydrogen (secondary N) is 1. The largest absolute Gasteiger partial charge is 0.496 e. The van der Waals surface area contributed by atoms with Crippen LogP contribution in [0.15, 0.2) is 46.8 Å². The van der Waals surface area contributed by atoms with Gasteiger partial charge in [0.2, 0.25) is 0 Å². The van der Waals surface area contributed by atoms with Crippen LogP contribution < -0.4 is 10.1 Å². The summed E-state index contributed by atoms with van der Waals surface area (Å²) in [7, 11) is 3.14. The van der Waals surface area contributed by atoms with Crippen LogP contribution in [0.1, 0.15) is 45.1 Å². The van der Waals surface area contributed by atoms with E-state index in [0.717, 1.165) is 17.7 Å². The number of dihydropyridines is 1. The molecule has 3 rings (SSSR count). The summed E-state index contributed by atoms with van der Waals surface area (Å²) in [5.41, 5.74) is 3.32. The van der Waals surface area contributed by atoms with Crippen LogP contribution in [0.25, 0.3) is 0 Å². The molecule has 0 aromatic heterocycles. The summed E-state index contributed by atoms with van der Waals surface area (Å²) in [5, 5.41) is 3.33. The van der Waals surface area contributed by atoms with E-state index in [2.05, 4.69) is 19.2 Å². The van der Waals surface area contributed by atoms with E-state index in [0.29, 0.717) is 35.6 Å². The molecule has 0 saturated carbocycles. The number of carbonyl (C=O) groups excluding carboxylic acids is 2. The number of ether oxygens (including phenoxy) is 3. The van der Waals surface area contributed by atoms with Gasteiger partial charge in [0.15, 0.2) is 5.78 Å². The van der Waals surface area contributed by atoms with Crippen LogP contribution in [-0.4, -0.2) is 39.2 Å². The van der Waals surface area contributed by atoms with Crippen molar-refractivity contribution in [3.63, 3.8) is 0 Å². The normalized spacial score (nSPS) is 20.9. The number of rotatable bonds is 6. The third-order valence-electron chi connectivity index (χ3n) is 5.43. The van der Waals surface area contributed by atoms with Crippen LogP contribution in [0, 0.1) is 5.41 Å². The molecule has 1 aromatic rings. The summed E-state index contributed by atoms with van der Waals surface area (Å²) >= 11 is 0. The van der Waals surface area contributed by atoms with E-state index in [1.54, 1.807) is 14.2 Å². The van der Waals surface area contributed by atoms with Crippen LogP contribution in [0.3, 0.4) is 0 Å². The van der Waals surface area contributed by atoms with E-state index in [4.69, 9.17) is 14.2 Å². The summed E-state index contributed by atoms with van der Waals surface area (Å²) in [6.45, 7) is 6.48. The maximum absolute atomic E-state index is 13.2. The first-order chi connectivity index (χ1) is 13.8. The molecular formula is C23H29NO5. The first-order valence-corrected chi connectivity index (χ1v) is 9.82. The molecule has 1 aliphatic heterocycles. The molecule has 6 nitrogen and oxygen atoms in total. The smallest absolute Gasteiger partial charge is 0.336 e. The summed E-state index contributed by atoms with van der Waals surface area (Å²) in [5.74, 6) is -0.290. The Bertz CT molecular complexity index is 881. The van der Waals surface area contributed by atoms with Gasteiger partial charge in [0, 0.05) is 36.1 Å². The number of para-hydroxylation sites is 1. The molecule has 1 heterocycles. The SMILES string of the molecule is COCCOC(=O)C1=C(C)NC2=C(C(=O)CC(C)(C)C2)C1c1ccccc1OC. The lowest BCUT2D eigenvalue weighted by Gasteiger charge is -2.39. The molecule has 1 aliphatic carbocycles. The number of benzene rings is 1. The standard InChI is InChI=1S/C23H29NO5/c1-14-19(22(26)29-11-10-27-4)20(15-8-6-7-9-18(15)28-5)21-16(24-14)12-23(2,3)13-17(21)25/h6-9,20,24H,10-13H2,1-5H3. The molecule has 1 aromatic carbocycles. The first kappa shape index (κ1) is 21.1. The van der Waals surface area contributed by atoms with Crippen molar-refractivity contribution in [3.8, 4) is 5.75 Å². The van der Waals surface area contributed by atoms with Crippen LogP contribution in [-0.2, 0) is 19.1 Å². The predicted octanol–water partition coefficient (Wildman–Crippen LogP) is 3.49. The second kappa shape index (κ2) is 8.41. The van der Waals surface area contributed by atoms with Gasteiger partial charge in [-0.25, -0.2) is 4.79 Å². The number of hydrogen-bond acceptors (Lipinski definition) is 6. The second-order valence-electron chi connectivity index (χ2n) is 8.30. The molecule has 0 fully saturated rings. The summed E-state index contributed by atoms with van der Waals surface area (Å²) in [6.07, 6.45) is 1.17. The van der Waals surface area contributed by atoms with Gasteiger partial charge in [-0.05, 0) is 24.8 Å². The Morgan fingerprint density at radius 3 is 2.59 bits per heavy atom. The molecule has 1 unspecified atom stereocenters. The van der Waals surface area contributed by atoms with Crippen LogP contribution >= 0.6 is 0 Å². The number of Topliss-reactive ketones (excluding diaryl/α,β-unsaturated/α-hetero) is 1. The highest BCUT2D eigenvalue weighted by atomic mass is 16.6. The lowest BCUT2D eigenvalue weighted by molar-refractivity contribution is -0.140. The van der Waals surface area contributed by atoms with Gasteiger partial charge in [0.1, 0.15) is 12.4 Å². The molecule has 0 amide bonds. The van der Waals surface area contributed by atoms with Gasteiger partial charge in [-0.15, -0.1) is 0 Å². The zero-order valence-corrected chi connectivity index (χ0v) is 17.8. The minimum atomic E-state index is -0.527. The van der Waals surface area contributed by atoms with Crippen molar-refractivity contribution in [2.24, 2.45) is 5.41 Å². The third-order valence-corrected chi connectivity index (χ3v) is 5.43. The quantitative estimate of drug-likeness (QED) is 0.583. The van der Waals surface area contributed by atoms with Gasteiger partial charge in [0.25, 0.3) is 0 Å². The van der Waals surface area contributed by atoms with Crippen molar-refractivity contribution in [3.05, 3.63) is 52.4 Å². The summed E-state index contributed by atoms with van der Waals surface area (Å²) in [6, 6.07) is 7.51. The number of methoxy groups -OCH3 is 2. The van der Waals surface area contributed by atoms with Crippen molar-refractivity contribution in [1.29, 1.82) is 0 Å². The number of carbonyl (C=O) groups is 2. The maximum Gasteiger partial charge on any atom is 0.336 e. The predicted molar refractivity (Wildman–Crippen MR) is 109 cm³/mol. The minimum Gasteiger partial charge on any atom is -0.496 e. The Balaban J connectivity index is 2.13. The number of hydrogen-bond donors (Lipinski definition) is 1. The Labute approximate surface area is 171 Å². The average molecular weight is 399 g/mol. The van der Waals surface area contributed by atoms with Crippen LogP contribution in [0.2, 0.25) is 0 Å². The fraction of sp³-hybridized carbons (Fsp3) is 0.478. The molecule has 0 saturated heterocycles. The average Bonchev–Trinajstić information content (AvgIpc) is 2.65. The van der Waals surface area contributed by atoms with Crippen molar-refractivity contribution in [1.82, 2.24) is 5.32 Å². The van der Waals surface area contributed by atoms with Crippen LogP contribution in [0.4, 0.5) is 0 Å². The van der Waals surface area contributed by atoms with Crippen molar-refractivity contribution < 1.29 is 23.8 Å². The lowest BCUT2D eigenvalue weighted by Crippen LogP contribution is -2.38. The highest BCUT2D eigenvalue weighted by molar-refractivity contribution is 6.04. The van der Waals surface area contributed by atoms with Gasteiger partial charge >= 0.3 is 5.97 Å². The Kier molecular flexibility index (Phi) is 6.13. The molecule has 1 N–H and O–H groups in total. The van der Waals surface area contributed by atoms with E-state index in [9.17, 15) is 9.59 Å². The maximum atomic E-state index is 13.2. The minimum absolute atomic E-state index is 0.0503. The molecule has 2 aliphatic rings. The van der Waals surface area contributed by atoms with Crippen molar-refractivity contribution in [2.45, 2.75) is 39.5 Å². The number of allylic oxidation sites excluding steroid dienone is 3. The molecular weight excluding hydrogens is 370 g/mol. The Morgan fingerprint density at radius 2 is 1.90 bits per heavy atom. The number of ketones is 1. The Hall–Kier alpha value is -2.60. The molecule has 29 heavy (non-hydrogen) atoms. The van der Waals surface area contributed by atoms with E-state index in [-0.39, 0.29) is 17.8 Å². The molecule has 0 bridgehead atoms. The van der Waals surface area contributed by atoms with E-state index < -0.39 is 11.9 Å². The van der Waals surface area contributed by atoms with E-state index in [1.165, 1.54) is 0 Å². The molecule has 0 spiro atoms.